The quantitative estimate of drug-likeness (QED) is 0.428. The molecule has 4 aromatic rings. The monoisotopic (exact) mass is 462 g/mol. The molecule has 0 saturated carbocycles. The summed E-state index contributed by atoms with van der Waals surface area (Å²) in [4.78, 5) is 17.4. The Kier molecular flexibility index (Phi) is 5.79. The number of benzene rings is 2. The van der Waals surface area contributed by atoms with Crippen LogP contribution in [0.4, 0.5) is 5.69 Å². The summed E-state index contributed by atoms with van der Waals surface area (Å²) >= 11 is 6.19. The topological polar surface area (TPSA) is 63.7 Å². The molecule has 2 aromatic carbocycles. The molecule has 0 unspecified atom stereocenters. The molecule has 3 heterocycles. The fourth-order valence-corrected chi connectivity index (χ4v) is 4.21. The van der Waals surface area contributed by atoms with Crippen LogP contribution >= 0.6 is 11.6 Å². The van der Waals surface area contributed by atoms with Crippen molar-refractivity contribution in [1.82, 2.24) is 14.7 Å². The number of hydrogen-bond donors (Lipinski definition) is 0. The number of furan rings is 1. The van der Waals surface area contributed by atoms with Crippen LogP contribution in [0.2, 0.25) is 5.02 Å². The predicted molar refractivity (Wildman–Crippen MR) is 127 cm³/mol. The van der Waals surface area contributed by atoms with E-state index in [1.165, 1.54) is 0 Å². The maximum atomic E-state index is 13.3. The number of rotatable bonds is 5. The maximum Gasteiger partial charge on any atom is 0.274 e. The Morgan fingerprint density at radius 3 is 2.48 bits per heavy atom. The van der Waals surface area contributed by atoms with Crippen LogP contribution in [0.25, 0.3) is 17.1 Å². The van der Waals surface area contributed by atoms with E-state index in [4.69, 9.17) is 20.8 Å². The van der Waals surface area contributed by atoms with Gasteiger partial charge in [-0.3, -0.25) is 4.79 Å². The van der Waals surface area contributed by atoms with Crippen molar-refractivity contribution in [3.8, 4) is 22.9 Å². The summed E-state index contributed by atoms with van der Waals surface area (Å²) in [7, 11) is 1.66. The van der Waals surface area contributed by atoms with Crippen LogP contribution in [0.15, 0.2) is 77.4 Å². The lowest BCUT2D eigenvalue weighted by atomic mass is 10.2. The Morgan fingerprint density at radius 1 is 0.970 bits per heavy atom. The van der Waals surface area contributed by atoms with Crippen LogP contribution in [0.3, 0.4) is 0 Å². The molecule has 7 nitrogen and oxygen atoms in total. The molecule has 0 radical (unpaired) electrons. The zero-order valence-corrected chi connectivity index (χ0v) is 18.9. The highest BCUT2D eigenvalue weighted by molar-refractivity contribution is 6.30. The molecule has 1 aliphatic rings. The van der Waals surface area contributed by atoms with Gasteiger partial charge in [-0.05, 0) is 42.5 Å². The van der Waals surface area contributed by atoms with Gasteiger partial charge in [0.1, 0.15) is 11.4 Å². The number of halogens is 1. The molecule has 0 atom stereocenters. The lowest BCUT2D eigenvalue weighted by molar-refractivity contribution is 0.0740. The molecule has 0 bridgehead atoms. The summed E-state index contributed by atoms with van der Waals surface area (Å²) in [5.74, 6) is 1.35. The smallest absolute Gasteiger partial charge is 0.274 e. The second-order valence-corrected chi connectivity index (χ2v) is 8.20. The molecule has 1 saturated heterocycles. The van der Waals surface area contributed by atoms with Crippen molar-refractivity contribution in [2.75, 3.05) is 38.2 Å². The van der Waals surface area contributed by atoms with Crippen molar-refractivity contribution in [3.63, 3.8) is 0 Å². The first-order chi connectivity index (χ1) is 16.1. The molecule has 1 amide bonds. The molecule has 1 aliphatic heterocycles. The van der Waals surface area contributed by atoms with Crippen LogP contribution in [0, 0.1) is 0 Å². The standard InChI is InChI=1S/C25H23ClN4O3/c1-32-21-8-3-6-19(16-21)28-10-12-29(13-11-28)25(31)22-17-23(24-9-4-14-33-24)30(27-22)20-7-2-5-18(26)15-20/h2-9,14-17H,10-13H2,1H3. The average Bonchev–Trinajstić information content (AvgIpc) is 3.54. The number of anilines is 1. The molecule has 33 heavy (non-hydrogen) atoms. The van der Waals surface area contributed by atoms with Gasteiger partial charge in [-0.25, -0.2) is 4.68 Å². The van der Waals surface area contributed by atoms with E-state index in [0.717, 1.165) is 30.2 Å². The van der Waals surface area contributed by atoms with Gasteiger partial charge in [0.25, 0.3) is 5.91 Å². The first kappa shape index (κ1) is 21.2. The largest absolute Gasteiger partial charge is 0.497 e. The number of carbonyl (C=O) groups is 1. The minimum atomic E-state index is -0.103. The van der Waals surface area contributed by atoms with Crippen molar-refractivity contribution in [2.45, 2.75) is 0 Å². The van der Waals surface area contributed by atoms with Crippen molar-refractivity contribution in [1.29, 1.82) is 0 Å². The summed E-state index contributed by atoms with van der Waals surface area (Å²) in [5, 5.41) is 5.22. The highest BCUT2D eigenvalue weighted by Crippen LogP contribution is 2.27. The molecule has 5 rings (SSSR count). The first-order valence-electron chi connectivity index (χ1n) is 10.7. The normalized spacial score (nSPS) is 13.9. The van der Waals surface area contributed by atoms with Crippen molar-refractivity contribution in [2.24, 2.45) is 0 Å². The molecule has 0 N–H and O–H groups in total. The number of piperazine rings is 1. The van der Waals surface area contributed by atoms with E-state index in [9.17, 15) is 4.79 Å². The predicted octanol–water partition coefficient (Wildman–Crippen LogP) is 4.76. The molecular formula is C25H23ClN4O3. The summed E-state index contributed by atoms with van der Waals surface area (Å²) in [5.41, 5.74) is 2.92. The fourth-order valence-electron chi connectivity index (χ4n) is 4.03. The summed E-state index contributed by atoms with van der Waals surface area (Å²) in [6.07, 6.45) is 1.60. The Balaban J connectivity index is 1.37. The van der Waals surface area contributed by atoms with Crippen LogP contribution in [-0.2, 0) is 0 Å². The number of ether oxygens (including phenoxy) is 1. The van der Waals surface area contributed by atoms with Crippen LogP contribution in [0.1, 0.15) is 10.5 Å². The summed E-state index contributed by atoms with van der Waals surface area (Å²) < 4.78 is 12.6. The van der Waals surface area contributed by atoms with Gasteiger partial charge in [0, 0.05) is 49.0 Å². The highest BCUT2D eigenvalue weighted by atomic mass is 35.5. The summed E-state index contributed by atoms with van der Waals surface area (Å²) in [6, 6.07) is 20.8. The Labute approximate surface area is 196 Å². The fraction of sp³-hybridized carbons (Fsp3) is 0.200. The number of hydrogen-bond acceptors (Lipinski definition) is 5. The molecule has 1 fully saturated rings. The van der Waals surface area contributed by atoms with E-state index in [0.29, 0.717) is 35.3 Å². The Bertz CT molecular complexity index is 1260. The van der Waals surface area contributed by atoms with Crippen molar-refractivity contribution >= 4 is 23.2 Å². The second-order valence-electron chi connectivity index (χ2n) is 7.76. The van der Waals surface area contributed by atoms with E-state index in [-0.39, 0.29) is 5.91 Å². The minimum absolute atomic E-state index is 0.103. The van der Waals surface area contributed by atoms with Gasteiger partial charge in [-0.15, -0.1) is 0 Å². The van der Waals surface area contributed by atoms with Crippen LogP contribution in [0.5, 0.6) is 5.75 Å². The molecule has 2 aromatic heterocycles. The summed E-state index contributed by atoms with van der Waals surface area (Å²) in [6.45, 7) is 2.68. The number of aromatic nitrogens is 2. The number of amides is 1. The minimum Gasteiger partial charge on any atom is -0.497 e. The number of nitrogens with zero attached hydrogens (tertiary/aromatic N) is 4. The van der Waals surface area contributed by atoms with Crippen LogP contribution < -0.4 is 9.64 Å². The molecule has 8 heteroatoms. The molecular weight excluding hydrogens is 440 g/mol. The third-order valence-corrected chi connectivity index (χ3v) is 5.98. The number of carbonyl (C=O) groups excluding carboxylic acids is 1. The molecule has 168 valence electrons. The van der Waals surface area contributed by atoms with Gasteiger partial charge in [0.2, 0.25) is 0 Å². The highest BCUT2D eigenvalue weighted by Gasteiger charge is 2.26. The van der Waals surface area contributed by atoms with Crippen molar-refractivity contribution < 1.29 is 13.9 Å². The third-order valence-electron chi connectivity index (χ3n) is 5.74. The van der Waals surface area contributed by atoms with Gasteiger partial charge in [-0.1, -0.05) is 23.7 Å². The molecule has 0 aliphatic carbocycles. The Hall–Kier alpha value is -3.71. The van der Waals surface area contributed by atoms with E-state index in [1.54, 1.807) is 30.2 Å². The lowest BCUT2D eigenvalue weighted by Crippen LogP contribution is -2.48. The lowest BCUT2D eigenvalue weighted by Gasteiger charge is -2.35. The van der Waals surface area contributed by atoms with Gasteiger partial charge in [0.15, 0.2) is 11.5 Å². The van der Waals surface area contributed by atoms with E-state index >= 15 is 0 Å². The van der Waals surface area contributed by atoms with E-state index < -0.39 is 0 Å². The third kappa shape index (κ3) is 4.32. The molecule has 0 spiro atoms. The zero-order valence-electron chi connectivity index (χ0n) is 18.1. The average molecular weight is 463 g/mol. The zero-order chi connectivity index (χ0) is 22.8. The van der Waals surface area contributed by atoms with Gasteiger partial charge < -0.3 is 19.0 Å². The van der Waals surface area contributed by atoms with E-state index in [1.807, 2.05) is 53.4 Å². The first-order valence-corrected chi connectivity index (χ1v) is 11.1. The van der Waals surface area contributed by atoms with Gasteiger partial charge in [0.05, 0.1) is 19.1 Å². The van der Waals surface area contributed by atoms with Crippen LogP contribution in [-0.4, -0.2) is 53.9 Å². The maximum absolute atomic E-state index is 13.3. The van der Waals surface area contributed by atoms with Crippen molar-refractivity contribution in [3.05, 3.63) is 83.7 Å². The van der Waals surface area contributed by atoms with Gasteiger partial charge >= 0.3 is 0 Å². The Morgan fingerprint density at radius 2 is 1.76 bits per heavy atom. The van der Waals surface area contributed by atoms with E-state index in [2.05, 4.69) is 16.1 Å². The SMILES string of the molecule is COc1cccc(N2CCN(C(=O)c3cc(-c4ccco4)n(-c4cccc(Cl)c4)n3)CC2)c1. The van der Waals surface area contributed by atoms with Gasteiger partial charge in [-0.2, -0.15) is 5.10 Å². The second kappa shape index (κ2) is 9.03. The number of methoxy groups -OCH3 is 1.